The zero-order chi connectivity index (χ0) is 27.2. The molecule has 0 fully saturated rings. The van der Waals surface area contributed by atoms with Crippen molar-refractivity contribution in [1.29, 1.82) is 0 Å². The van der Waals surface area contributed by atoms with Crippen LogP contribution >= 0.6 is 0 Å². The molecule has 0 N–H and O–H groups in total. The van der Waals surface area contributed by atoms with Gasteiger partial charge in [-0.25, -0.2) is 9.97 Å². The van der Waals surface area contributed by atoms with Crippen molar-refractivity contribution >= 4 is 22.8 Å². The summed E-state index contributed by atoms with van der Waals surface area (Å²) in [7, 11) is 0. The highest BCUT2D eigenvalue weighted by molar-refractivity contribution is 5.87. The number of nitrogens with zero attached hydrogens (tertiary/aromatic N) is 4. The van der Waals surface area contributed by atoms with E-state index in [9.17, 15) is 0 Å². The lowest BCUT2D eigenvalue weighted by Gasteiger charge is -2.32. The summed E-state index contributed by atoms with van der Waals surface area (Å²) in [5, 5.41) is 0. The number of hydrogen-bond acceptors (Lipinski definition) is 4. The first-order chi connectivity index (χ1) is 20.3. The molecule has 0 atom stereocenters. The normalized spacial score (nSPS) is 12.0. The Kier molecular flexibility index (Phi) is 5.38. The molecule has 1 aliphatic rings. The van der Waals surface area contributed by atoms with Gasteiger partial charge >= 0.3 is 0 Å². The van der Waals surface area contributed by atoms with Crippen LogP contribution in [0.3, 0.4) is 0 Å². The minimum Gasteiger partial charge on any atom is -0.453 e. The molecule has 0 saturated heterocycles. The number of para-hydroxylation sites is 4. The van der Waals surface area contributed by atoms with Crippen molar-refractivity contribution in [2.24, 2.45) is 0 Å². The number of benzene rings is 5. The maximum Gasteiger partial charge on any atom is 0.235 e. The largest absolute Gasteiger partial charge is 0.453 e. The van der Waals surface area contributed by atoms with Gasteiger partial charge in [0.15, 0.2) is 11.5 Å². The van der Waals surface area contributed by atoms with Gasteiger partial charge in [-0.05, 0) is 42.5 Å². The Balaban J connectivity index is 1.21. The number of hydrogen-bond donors (Lipinski definition) is 0. The van der Waals surface area contributed by atoms with Crippen LogP contribution in [0, 0.1) is 0 Å². The summed E-state index contributed by atoms with van der Waals surface area (Å²) in [5.41, 5.74) is 9.09. The van der Waals surface area contributed by atoms with Crippen molar-refractivity contribution in [3.8, 4) is 45.3 Å². The maximum atomic E-state index is 6.18. The third-order valence-corrected chi connectivity index (χ3v) is 7.44. The lowest BCUT2D eigenvalue weighted by Crippen LogP contribution is -2.15. The van der Waals surface area contributed by atoms with E-state index in [1.165, 1.54) is 0 Å². The van der Waals surface area contributed by atoms with Crippen LogP contribution in [0.15, 0.2) is 146 Å². The van der Waals surface area contributed by atoms with Crippen LogP contribution < -0.4 is 9.64 Å². The average molecular weight is 529 g/mol. The standard InChI is InChI=1S/C36H24N4O/c1-3-11-26(12-4-1)34-35(27-13-5-2-6-14-27)39-24-23-29(37-36(39)38-34)25-19-21-28(22-20-25)40-30-15-7-9-17-32(30)41-33-18-10-8-16-31(33)40/h1-24H. The van der Waals surface area contributed by atoms with Crippen LogP contribution in [0.5, 0.6) is 11.5 Å². The van der Waals surface area contributed by atoms with Crippen LogP contribution in [0.2, 0.25) is 0 Å². The predicted molar refractivity (Wildman–Crippen MR) is 164 cm³/mol. The van der Waals surface area contributed by atoms with Gasteiger partial charge < -0.3 is 9.64 Å². The monoisotopic (exact) mass is 528 g/mol. The second-order valence-electron chi connectivity index (χ2n) is 9.94. The molecule has 0 saturated carbocycles. The molecule has 3 heterocycles. The van der Waals surface area contributed by atoms with Gasteiger partial charge in [0.2, 0.25) is 5.78 Å². The molecule has 8 rings (SSSR count). The lowest BCUT2D eigenvalue weighted by atomic mass is 10.1. The summed E-state index contributed by atoms with van der Waals surface area (Å²) in [4.78, 5) is 12.3. The Bertz CT molecular complexity index is 1970. The van der Waals surface area contributed by atoms with Gasteiger partial charge in [0.1, 0.15) is 0 Å². The first-order valence-corrected chi connectivity index (χ1v) is 13.6. The molecule has 0 bridgehead atoms. The van der Waals surface area contributed by atoms with Crippen LogP contribution in [0.4, 0.5) is 17.1 Å². The van der Waals surface area contributed by atoms with Crippen LogP contribution in [0.25, 0.3) is 39.5 Å². The molecule has 2 aromatic heterocycles. The van der Waals surface area contributed by atoms with Gasteiger partial charge in [-0.2, -0.15) is 0 Å². The number of imidazole rings is 1. The molecule has 0 radical (unpaired) electrons. The van der Waals surface area contributed by atoms with Gasteiger partial charge in [0.05, 0.1) is 28.5 Å². The SMILES string of the molecule is c1ccc(-c2nc3nc(-c4ccc(N5c6ccccc6Oc6ccccc65)cc4)ccn3c2-c2ccccc2)cc1. The molecule has 1 aliphatic heterocycles. The van der Waals surface area contributed by atoms with E-state index in [0.717, 1.165) is 62.3 Å². The van der Waals surface area contributed by atoms with E-state index < -0.39 is 0 Å². The van der Waals surface area contributed by atoms with Gasteiger partial charge in [-0.1, -0.05) is 97.1 Å². The molecular weight excluding hydrogens is 504 g/mol. The number of aromatic nitrogens is 3. The molecule has 0 aliphatic carbocycles. The van der Waals surface area contributed by atoms with Crippen molar-refractivity contribution in [2.75, 3.05) is 4.90 Å². The molecule has 41 heavy (non-hydrogen) atoms. The van der Waals surface area contributed by atoms with Gasteiger partial charge in [0.25, 0.3) is 0 Å². The molecule has 5 aromatic carbocycles. The number of rotatable bonds is 4. The zero-order valence-corrected chi connectivity index (χ0v) is 22.1. The van der Waals surface area contributed by atoms with Crippen molar-refractivity contribution in [2.45, 2.75) is 0 Å². The Morgan fingerprint density at radius 1 is 0.488 bits per heavy atom. The lowest BCUT2D eigenvalue weighted by molar-refractivity contribution is 0.477. The zero-order valence-electron chi connectivity index (χ0n) is 22.1. The molecule has 5 heteroatoms. The van der Waals surface area contributed by atoms with E-state index in [4.69, 9.17) is 14.7 Å². The quantitative estimate of drug-likeness (QED) is 0.228. The van der Waals surface area contributed by atoms with E-state index in [1.807, 2.05) is 60.7 Å². The minimum atomic E-state index is 0.667. The Morgan fingerprint density at radius 2 is 1.07 bits per heavy atom. The Morgan fingerprint density at radius 3 is 1.73 bits per heavy atom. The predicted octanol–water partition coefficient (Wildman–Crippen LogP) is 9.31. The summed E-state index contributed by atoms with van der Waals surface area (Å²) >= 11 is 0. The van der Waals surface area contributed by atoms with E-state index in [-0.39, 0.29) is 0 Å². The molecular formula is C36H24N4O. The number of ether oxygens (including phenoxy) is 1. The fourth-order valence-corrected chi connectivity index (χ4v) is 5.53. The minimum absolute atomic E-state index is 0.667. The van der Waals surface area contributed by atoms with Crippen LogP contribution in [-0.4, -0.2) is 14.4 Å². The highest BCUT2D eigenvalue weighted by Crippen LogP contribution is 2.50. The van der Waals surface area contributed by atoms with E-state index >= 15 is 0 Å². The first-order valence-electron chi connectivity index (χ1n) is 13.6. The summed E-state index contributed by atoms with van der Waals surface area (Å²) in [5.74, 6) is 2.34. The third-order valence-electron chi connectivity index (χ3n) is 7.44. The topological polar surface area (TPSA) is 42.7 Å². The molecule has 7 aromatic rings. The average Bonchev–Trinajstić information content (AvgIpc) is 3.43. The molecule has 0 unspecified atom stereocenters. The fraction of sp³-hybridized carbons (Fsp3) is 0. The summed E-state index contributed by atoms with van der Waals surface area (Å²) in [6.07, 6.45) is 2.07. The first kappa shape index (κ1) is 23.2. The Labute approximate surface area is 237 Å². The van der Waals surface area contributed by atoms with Gasteiger partial charge in [-0.15, -0.1) is 0 Å². The highest BCUT2D eigenvalue weighted by Gasteiger charge is 2.25. The molecule has 5 nitrogen and oxygen atoms in total. The smallest absolute Gasteiger partial charge is 0.235 e. The molecule has 0 spiro atoms. The summed E-state index contributed by atoms with van der Waals surface area (Å²) in [6, 6.07) is 47.5. The van der Waals surface area contributed by atoms with Crippen molar-refractivity contribution in [3.63, 3.8) is 0 Å². The van der Waals surface area contributed by atoms with E-state index in [1.54, 1.807) is 0 Å². The number of fused-ring (bicyclic) bond motifs is 3. The van der Waals surface area contributed by atoms with Gasteiger partial charge in [0, 0.05) is 28.6 Å². The van der Waals surface area contributed by atoms with Crippen LogP contribution in [-0.2, 0) is 0 Å². The molecule has 194 valence electrons. The van der Waals surface area contributed by atoms with E-state index in [0.29, 0.717) is 5.78 Å². The van der Waals surface area contributed by atoms with Crippen molar-refractivity contribution < 1.29 is 4.74 Å². The van der Waals surface area contributed by atoms with Crippen molar-refractivity contribution in [3.05, 3.63) is 146 Å². The maximum absolute atomic E-state index is 6.18. The van der Waals surface area contributed by atoms with Crippen LogP contribution in [0.1, 0.15) is 0 Å². The second kappa shape index (κ2) is 9.50. The Hall–Kier alpha value is -5.68. The molecule has 0 amide bonds. The summed E-state index contributed by atoms with van der Waals surface area (Å²) < 4.78 is 8.26. The fourth-order valence-electron chi connectivity index (χ4n) is 5.53. The second-order valence-corrected chi connectivity index (χ2v) is 9.94. The number of anilines is 3. The van der Waals surface area contributed by atoms with E-state index in [2.05, 4.69) is 94.4 Å². The third kappa shape index (κ3) is 3.95. The summed E-state index contributed by atoms with van der Waals surface area (Å²) in [6.45, 7) is 0. The van der Waals surface area contributed by atoms with Gasteiger partial charge in [-0.3, -0.25) is 4.40 Å². The van der Waals surface area contributed by atoms with Crippen molar-refractivity contribution in [1.82, 2.24) is 14.4 Å². The highest BCUT2D eigenvalue weighted by atomic mass is 16.5.